The molecule has 0 amide bonds. The molecule has 0 bridgehead atoms. The summed E-state index contributed by atoms with van der Waals surface area (Å²) in [5.74, 6) is 1.85. The number of carbonyl (C=O) groups excluding carboxylic acids is 2. The topological polar surface area (TPSA) is 272 Å². The Hall–Kier alpha value is -5.39. The highest BCUT2D eigenvalue weighted by Crippen LogP contribution is 2.65. The molecule has 2 aromatic rings. The number of oxime groups is 1. The number of rotatable bonds is 7. The van der Waals surface area contributed by atoms with Gasteiger partial charge in [-0.3, -0.25) is 45.3 Å². The Labute approximate surface area is 301 Å². The molecule has 18 nitrogen and oxygen atoms in total. The van der Waals surface area contributed by atoms with Crippen LogP contribution < -0.4 is 5.11 Å². The number of aliphatic hydroxyl groups excluding tert-OH is 1. The molecule has 0 radical (unpaired) electrons. The zero-order valence-electron chi connectivity index (χ0n) is 29.2. The molecule has 0 spiro atoms. The van der Waals surface area contributed by atoms with Gasteiger partial charge in [-0.1, -0.05) is 19.0 Å². The zero-order valence-corrected chi connectivity index (χ0v) is 29.2. The van der Waals surface area contributed by atoms with Crippen LogP contribution in [0.3, 0.4) is 0 Å². The van der Waals surface area contributed by atoms with Crippen molar-refractivity contribution in [1.82, 2.24) is 0 Å². The average Bonchev–Trinajstić information content (AvgIpc) is 3.59. The fourth-order valence-electron chi connectivity index (χ4n) is 10.1. The number of Topliss-reactive ketones (excluding diaryl/α,β-unsaturated/α-hetero) is 1. The largest absolute Gasteiger partial charge is 0.546 e. The molecule has 4 fully saturated rings. The van der Waals surface area contributed by atoms with Crippen LogP contribution in [0.1, 0.15) is 89.7 Å². The molecule has 53 heavy (non-hydrogen) atoms. The summed E-state index contributed by atoms with van der Waals surface area (Å²) < 4.78 is 0. The van der Waals surface area contributed by atoms with E-state index < -0.39 is 71.4 Å². The Bertz CT molecular complexity index is 1980. The van der Waals surface area contributed by atoms with E-state index in [9.17, 15) is 60.3 Å². The molecule has 282 valence electrons. The predicted molar refractivity (Wildman–Crippen MR) is 182 cm³/mol. The van der Waals surface area contributed by atoms with Gasteiger partial charge in [-0.2, -0.15) is 0 Å². The fourth-order valence-corrected chi connectivity index (χ4v) is 10.1. The van der Waals surface area contributed by atoms with Gasteiger partial charge in [-0.25, -0.2) is 0 Å². The van der Waals surface area contributed by atoms with Crippen LogP contribution in [0.25, 0.3) is 11.1 Å². The van der Waals surface area contributed by atoms with Crippen molar-refractivity contribution in [3.8, 4) is 11.1 Å². The fraction of sp³-hybridized carbons (Fsp3) is 0.571. The number of fused-ring (bicyclic) bond motifs is 8. The van der Waals surface area contributed by atoms with Gasteiger partial charge in [0, 0.05) is 35.1 Å². The lowest BCUT2D eigenvalue weighted by Crippen LogP contribution is -2.54. The van der Waals surface area contributed by atoms with Crippen LogP contribution in [0.4, 0.5) is 22.7 Å². The lowest BCUT2D eigenvalue weighted by atomic mass is 9.45. The molecule has 4 saturated carbocycles. The molecule has 5 aliphatic rings. The highest BCUT2D eigenvalue weighted by atomic mass is 16.7. The van der Waals surface area contributed by atoms with Crippen molar-refractivity contribution >= 4 is 40.2 Å². The number of aliphatic hydroxyl groups is 1. The van der Waals surface area contributed by atoms with Crippen LogP contribution in [-0.4, -0.2) is 54.5 Å². The van der Waals surface area contributed by atoms with Crippen molar-refractivity contribution in [3.63, 3.8) is 0 Å². The minimum absolute atomic E-state index is 0.0124. The van der Waals surface area contributed by atoms with Crippen molar-refractivity contribution < 1.29 is 44.3 Å². The second kappa shape index (κ2) is 13.5. The maximum Gasteiger partial charge on any atom is 0.354 e. The summed E-state index contributed by atoms with van der Waals surface area (Å²) in [4.78, 5) is 69.7. The Morgan fingerprint density at radius 1 is 0.868 bits per heavy atom. The number of benzene rings is 2. The third-order valence-electron chi connectivity index (χ3n) is 12.8. The first kappa shape index (κ1) is 37.4. The standard InChI is InChI=1S/C19H30O2.C16H9N5O11/c1-18-9-7-13(20)11-12(18)3-4-14-15-5-6-17(21)19(15,2)10-8-16(14)18;1-6(16(22)23)32-17-14-8-2-3-10(19(26)27)15(21(30)31)13(8)12-9(14)4-7(18(24)25)5-11(12)20(28)29/h12-16,20H,3-11H2,1-2H3;2-6H,1H3,(H,22,23)/p-1/t12-,13-,14-,15-,16-,18-,19-;/m0./s1. The second-order valence-corrected chi connectivity index (χ2v) is 15.3. The maximum atomic E-state index is 12.4. The van der Waals surface area contributed by atoms with Crippen LogP contribution in [0.5, 0.6) is 0 Å². The highest BCUT2D eigenvalue weighted by molar-refractivity contribution is 6.27. The molecule has 1 unspecified atom stereocenters. The summed E-state index contributed by atoms with van der Waals surface area (Å²) in [5, 5.41) is 70.4. The first-order valence-corrected chi connectivity index (χ1v) is 17.5. The SMILES string of the molecule is CC(ON=C1c2cc([N+](=O)[O-])cc([N+](=O)[O-])c2-c2c1ccc([N+](=O)[O-])c2[N+](=O)[O-])C(=O)[O-].C[C@]12CC[C@H](O)C[C@@H]1CC[C@@H]1[C@@H]2CC[C@]2(C)C(=O)CC[C@@H]12. The van der Waals surface area contributed by atoms with E-state index in [4.69, 9.17) is 4.84 Å². The third-order valence-corrected chi connectivity index (χ3v) is 12.8. The quantitative estimate of drug-likeness (QED) is 0.242. The molecule has 0 aromatic heterocycles. The van der Waals surface area contributed by atoms with Crippen LogP contribution in [0, 0.1) is 75.0 Å². The first-order chi connectivity index (χ1) is 24.9. The van der Waals surface area contributed by atoms with E-state index in [2.05, 4.69) is 19.0 Å². The summed E-state index contributed by atoms with van der Waals surface area (Å²) in [6, 6.07) is 3.09. The Kier molecular flexibility index (Phi) is 9.55. The number of nitrogens with zero attached hydrogens (tertiary/aromatic N) is 5. The molecule has 5 aliphatic carbocycles. The molecule has 18 heteroatoms. The molecular weight excluding hydrogens is 698 g/mol. The third kappa shape index (κ3) is 6.17. The van der Waals surface area contributed by atoms with E-state index >= 15 is 0 Å². The van der Waals surface area contributed by atoms with Gasteiger partial charge >= 0.3 is 11.4 Å². The van der Waals surface area contributed by atoms with Gasteiger partial charge in [0.05, 0.1) is 49.0 Å². The monoisotopic (exact) mass is 736 g/mol. The number of aliphatic carboxylic acids is 1. The molecule has 0 heterocycles. The van der Waals surface area contributed by atoms with Crippen LogP contribution in [-0.2, 0) is 14.4 Å². The minimum Gasteiger partial charge on any atom is -0.546 e. The normalized spacial score (nSPS) is 30.7. The number of hydrogen-bond donors (Lipinski definition) is 1. The number of non-ortho nitro benzene ring substituents is 1. The minimum atomic E-state index is -1.69. The van der Waals surface area contributed by atoms with Gasteiger partial charge in [0.2, 0.25) is 0 Å². The summed E-state index contributed by atoms with van der Waals surface area (Å²) in [6.07, 6.45) is 8.52. The van der Waals surface area contributed by atoms with Crippen molar-refractivity contribution in [1.29, 1.82) is 0 Å². The first-order valence-electron chi connectivity index (χ1n) is 17.5. The number of carboxylic acid groups (broad SMARTS) is 1. The number of nitro groups is 4. The van der Waals surface area contributed by atoms with Crippen LogP contribution in [0.15, 0.2) is 29.4 Å². The Morgan fingerprint density at radius 2 is 1.57 bits per heavy atom. The summed E-state index contributed by atoms with van der Waals surface area (Å²) >= 11 is 0. The van der Waals surface area contributed by atoms with E-state index in [1.54, 1.807) is 0 Å². The molecule has 8 atom stereocenters. The van der Waals surface area contributed by atoms with Gasteiger partial charge in [-0.15, -0.1) is 0 Å². The maximum absolute atomic E-state index is 12.4. The van der Waals surface area contributed by atoms with Crippen molar-refractivity contribution in [2.24, 2.45) is 39.7 Å². The van der Waals surface area contributed by atoms with E-state index in [1.807, 2.05) is 0 Å². The predicted octanol–water partition coefficient (Wildman–Crippen LogP) is 5.17. The van der Waals surface area contributed by atoms with Crippen molar-refractivity contribution in [3.05, 3.63) is 75.8 Å². The molecular formula is C35H38N5O13-. The molecule has 2 aromatic carbocycles. The molecule has 7 rings (SSSR count). The Balaban J connectivity index is 0.000000196. The average molecular weight is 737 g/mol. The van der Waals surface area contributed by atoms with E-state index in [0.717, 1.165) is 75.0 Å². The lowest BCUT2D eigenvalue weighted by molar-refractivity contribution is -0.422. The van der Waals surface area contributed by atoms with Crippen LogP contribution in [0.2, 0.25) is 0 Å². The zero-order chi connectivity index (χ0) is 38.7. The van der Waals surface area contributed by atoms with Gasteiger partial charge in [-0.05, 0) is 93.4 Å². The number of hydrogen-bond acceptors (Lipinski definition) is 14. The van der Waals surface area contributed by atoms with Gasteiger partial charge in [0.25, 0.3) is 11.4 Å². The summed E-state index contributed by atoms with van der Waals surface area (Å²) in [7, 11) is 0. The highest BCUT2D eigenvalue weighted by Gasteiger charge is 2.60. The van der Waals surface area contributed by atoms with Crippen molar-refractivity contribution in [2.75, 3.05) is 0 Å². The summed E-state index contributed by atoms with van der Waals surface area (Å²) in [6.45, 7) is 5.81. The number of carboxylic acids is 1. The molecule has 0 aliphatic heterocycles. The van der Waals surface area contributed by atoms with Crippen LogP contribution >= 0.6 is 0 Å². The van der Waals surface area contributed by atoms with Gasteiger partial charge in [0.1, 0.15) is 11.5 Å². The second-order valence-electron chi connectivity index (χ2n) is 15.3. The number of carbonyl (C=O) groups is 2. The number of ketones is 1. The number of nitro benzene ring substituents is 4. The molecule has 1 N–H and O–H groups in total. The van der Waals surface area contributed by atoms with Gasteiger partial charge in [0.15, 0.2) is 6.10 Å². The summed E-state index contributed by atoms with van der Waals surface area (Å²) in [5.41, 5.74) is -5.54. The van der Waals surface area contributed by atoms with E-state index in [1.165, 1.54) is 25.7 Å². The Morgan fingerprint density at radius 3 is 2.19 bits per heavy atom. The van der Waals surface area contributed by atoms with E-state index in [0.29, 0.717) is 23.2 Å². The van der Waals surface area contributed by atoms with Gasteiger partial charge < -0.3 is 19.8 Å². The smallest absolute Gasteiger partial charge is 0.354 e. The van der Waals surface area contributed by atoms with Crippen molar-refractivity contribution in [2.45, 2.75) is 90.8 Å². The lowest BCUT2D eigenvalue weighted by Gasteiger charge is -2.60. The van der Waals surface area contributed by atoms with E-state index in [-0.39, 0.29) is 22.6 Å². The molecule has 0 saturated heterocycles.